The van der Waals surface area contributed by atoms with E-state index in [0.717, 1.165) is 24.1 Å². The number of carbonyl (C=O) groups is 1. The van der Waals surface area contributed by atoms with Crippen molar-refractivity contribution in [2.75, 3.05) is 11.9 Å². The zero-order chi connectivity index (χ0) is 18.2. The first-order chi connectivity index (χ1) is 12.7. The summed E-state index contributed by atoms with van der Waals surface area (Å²) in [5.41, 5.74) is 3.68. The number of anilines is 2. The molecule has 2 aromatic carbocycles. The fraction of sp³-hybridized carbons (Fsp3) is 0.190. The van der Waals surface area contributed by atoms with Crippen molar-refractivity contribution in [1.82, 2.24) is 15.3 Å². The van der Waals surface area contributed by atoms with Gasteiger partial charge in [0.25, 0.3) is 5.91 Å². The van der Waals surface area contributed by atoms with Crippen LogP contribution in [-0.4, -0.2) is 22.4 Å². The molecule has 0 bridgehead atoms. The normalized spacial score (nSPS) is 10.3. The Morgan fingerprint density at radius 1 is 0.962 bits per heavy atom. The van der Waals surface area contributed by atoms with Crippen LogP contribution in [0.1, 0.15) is 28.0 Å². The molecule has 3 aromatic rings. The number of aryl methyl sites for hydroxylation is 2. The number of hydrogen-bond donors (Lipinski definition) is 2. The Balaban J connectivity index is 1.48. The Hall–Kier alpha value is -3.21. The van der Waals surface area contributed by atoms with Crippen molar-refractivity contribution in [3.63, 3.8) is 0 Å². The second kappa shape index (κ2) is 8.76. The van der Waals surface area contributed by atoms with Gasteiger partial charge < -0.3 is 10.6 Å². The number of benzene rings is 2. The van der Waals surface area contributed by atoms with Crippen LogP contribution in [0.5, 0.6) is 0 Å². The van der Waals surface area contributed by atoms with Crippen LogP contribution in [0.4, 0.5) is 11.5 Å². The molecule has 3 rings (SSSR count). The molecule has 0 fully saturated rings. The predicted molar refractivity (Wildman–Crippen MR) is 104 cm³/mol. The molecule has 0 aliphatic rings. The van der Waals surface area contributed by atoms with Crippen molar-refractivity contribution < 1.29 is 4.79 Å². The number of rotatable bonds is 7. The lowest BCUT2D eigenvalue weighted by atomic mass is 10.1. The SMILES string of the molecule is Cc1ccccc1Nc1cnc(C(=O)NCCCc2ccccc2)cn1. The van der Waals surface area contributed by atoms with E-state index in [1.54, 1.807) is 6.20 Å². The van der Waals surface area contributed by atoms with Crippen LogP contribution in [0.2, 0.25) is 0 Å². The van der Waals surface area contributed by atoms with Gasteiger partial charge in [-0.05, 0) is 37.0 Å². The number of amides is 1. The van der Waals surface area contributed by atoms with Crippen LogP contribution in [-0.2, 0) is 6.42 Å². The molecule has 0 atom stereocenters. The maximum Gasteiger partial charge on any atom is 0.271 e. The lowest BCUT2D eigenvalue weighted by molar-refractivity contribution is 0.0948. The molecule has 0 saturated heterocycles. The minimum absolute atomic E-state index is 0.201. The highest BCUT2D eigenvalue weighted by atomic mass is 16.1. The molecule has 1 heterocycles. The summed E-state index contributed by atoms with van der Waals surface area (Å²) in [6.07, 6.45) is 4.89. The van der Waals surface area contributed by atoms with Crippen LogP contribution in [0.3, 0.4) is 0 Å². The van der Waals surface area contributed by atoms with E-state index in [9.17, 15) is 4.79 Å². The highest BCUT2D eigenvalue weighted by Gasteiger charge is 2.08. The fourth-order valence-corrected chi connectivity index (χ4v) is 2.59. The molecule has 1 aromatic heterocycles. The third-order valence-corrected chi connectivity index (χ3v) is 4.06. The summed E-state index contributed by atoms with van der Waals surface area (Å²) in [6.45, 7) is 2.63. The topological polar surface area (TPSA) is 66.9 Å². The Kier molecular flexibility index (Phi) is 5.93. The maximum absolute atomic E-state index is 12.1. The molecule has 0 aliphatic heterocycles. The van der Waals surface area contributed by atoms with Gasteiger partial charge in [-0.1, -0.05) is 48.5 Å². The third-order valence-electron chi connectivity index (χ3n) is 4.06. The monoisotopic (exact) mass is 346 g/mol. The smallest absolute Gasteiger partial charge is 0.271 e. The summed E-state index contributed by atoms with van der Waals surface area (Å²) >= 11 is 0. The predicted octanol–water partition coefficient (Wildman–Crippen LogP) is 3.89. The van der Waals surface area contributed by atoms with E-state index in [1.165, 1.54) is 11.8 Å². The van der Waals surface area contributed by atoms with Crippen molar-refractivity contribution in [2.24, 2.45) is 0 Å². The zero-order valence-corrected chi connectivity index (χ0v) is 14.8. The number of aromatic nitrogens is 2. The summed E-state index contributed by atoms with van der Waals surface area (Å²) in [6, 6.07) is 18.2. The quantitative estimate of drug-likeness (QED) is 0.637. The average Bonchev–Trinajstić information content (AvgIpc) is 2.68. The fourth-order valence-electron chi connectivity index (χ4n) is 2.59. The molecule has 2 N–H and O–H groups in total. The lowest BCUT2D eigenvalue weighted by Gasteiger charge is -2.09. The summed E-state index contributed by atoms with van der Waals surface area (Å²) in [7, 11) is 0. The van der Waals surface area contributed by atoms with E-state index >= 15 is 0 Å². The Labute approximate surface area is 153 Å². The van der Waals surface area contributed by atoms with Gasteiger partial charge in [-0.15, -0.1) is 0 Å². The van der Waals surface area contributed by atoms with Crippen molar-refractivity contribution in [1.29, 1.82) is 0 Å². The first-order valence-corrected chi connectivity index (χ1v) is 8.69. The molecular weight excluding hydrogens is 324 g/mol. The minimum Gasteiger partial charge on any atom is -0.351 e. The molecule has 0 unspecified atom stereocenters. The molecule has 5 heteroatoms. The number of nitrogens with one attached hydrogen (secondary N) is 2. The molecule has 0 aliphatic carbocycles. The molecule has 0 saturated carbocycles. The van der Waals surface area contributed by atoms with E-state index < -0.39 is 0 Å². The van der Waals surface area contributed by atoms with E-state index in [-0.39, 0.29) is 5.91 Å². The van der Waals surface area contributed by atoms with Crippen molar-refractivity contribution in [2.45, 2.75) is 19.8 Å². The van der Waals surface area contributed by atoms with Gasteiger partial charge in [0.1, 0.15) is 11.5 Å². The highest BCUT2D eigenvalue weighted by molar-refractivity contribution is 5.92. The van der Waals surface area contributed by atoms with Gasteiger partial charge in [-0.2, -0.15) is 0 Å². The summed E-state index contributed by atoms with van der Waals surface area (Å²) in [5.74, 6) is 0.410. The first kappa shape index (κ1) is 17.6. The second-order valence-corrected chi connectivity index (χ2v) is 6.07. The number of para-hydroxylation sites is 1. The van der Waals surface area contributed by atoms with E-state index in [1.807, 2.05) is 49.4 Å². The van der Waals surface area contributed by atoms with Gasteiger partial charge in [0, 0.05) is 12.2 Å². The van der Waals surface area contributed by atoms with E-state index in [2.05, 4.69) is 32.7 Å². The van der Waals surface area contributed by atoms with Crippen LogP contribution in [0.15, 0.2) is 67.0 Å². The number of carbonyl (C=O) groups excluding carboxylic acids is 1. The average molecular weight is 346 g/mol. The van der Waals surface area contributed by atoms with E-state index in [4.69, 9.17) is 0 Å². The Morgan fingerprint density at radius 2 is 1.73 bits per heavy atom. The standard InChI is InChI=1S/C21H22N4O/c1-16-8-5-6-12-18(16)25-20-15-23-19(14-24-20)21(26)22-13-7-11-17-9-3-2-4-10-17/h2-6,8-10,12,14-15H,7,11,13H2,1H3,(H,22,26)(H,24,25). The van der Waals surface area contributed by atoms with Gasteiger partial charge in [0.2, 0.25) is 0 Å². The summed E-state index contributed by atoms with van der Waals surface area (Å²) in [5, 5.41) is 6.09. The van der Waals surface area contributed by atoms with Gasteiger partial charge in [0.15, 0.2) is 0 Å². The summed E-state index contributed by atoms with van der Waals surface area (Å²) < 4.78 is 0. The minimum atomic E-state index is -0.201. The van der Waals surface area contributed by atoms with Gasteiger partial charge >= 0.3 is 0 Å². The zero-order valence-electron chi connectivity index (χ0n) is 14.8. The second-order valence-electron chi connectivity index (χ2n) is 6.07. The van der Waals surface area contributed by atoms with Crippen LogP contribution >= 0.6 is 0 Å². The molecule has 5 nitrogen and oxygen atoms in total. The Bertz CT molecular complexity index is 847. The number of hydrogen-bond acceptors (Lipinski definition) is 4. The van der Waals surface area contributed by atoms with Crippen molar-refractivity contribution >= 4 is 17.4 Å². The van der Waals surface area contributed by atoms with Gasteiger partial charge in [-0.25, -0.2) is 9.97 Å². The Morgan fingerprint density at radius 3 is 2.46 bits per heavy atom. The van der Waals surface area contributed by atoms with Crippen molar-refractivity contribution in [3.8, 4) is 0 Å². The molecular formula is C21H22N4O. The highest BCUT2D eigenvalue weighted by Crippen LogP contribution is 2.17. The summed E-state index contributed by atoms with van der Waals surface area (Å²) in [4.78, 5) is 20.6. The molecule has 0 spiro atoms. The van der Waals surface area contributed by atoms with Gasteiger partial charge in [-0.3, -0.25) is 4.79 Å². The van der Waals surface area contributed by atoms with Crippen LogP contribution in [0, 0.1) is 6.92 Å². The van der Waals surface area contributed by atoms with Crippen LogP contribution < -0.4 is 10.6 Å². The molecule has 1 amide bonds. The molecule has 0 radical (unpaired) electrons. The first-order valence-electron chi connectivity index (χ1n) is 8.69. The van der Waals surface area contributed by atoms with E-state index in [0.29, 0.717) is 18.1 Å². The third kappa shape index (κ3) is 4.89. The lowest BCUT2D eigenvalue weighted by Crippen LogP contribution is -2.25. The largest absolute Gasteiger partial charge is 0.351 e. The van der Waals surface area contributed by atoms with Crippen LogP contribution in [0.25, 0.3) is 0 Å². The van der Waals surface area contributed by atoms with Crippen molar-refractivity contribution in [3.05, 3.63) is 83.8 Å². The number of nitrogens with zero attached hydrogens (tertiary/aromatic N) is 2. The molecule has 132 valence electrons. The maximum atomic E-state index is 12.1. The molecule has 26 heavy (non-hydrogen) atoms. The van der Waals surface area contributed by atoms with Gasteiger partial charge in [0.05, 0.1) is 12.4 Å².